The Balaban J connectivity index is 1.28. The lowest BCUT2D eigenvalue weighted by Gasteiger charge is -2.60. The Morgan fingerprint density at radius 2 is 1.70 bits per heavy atom. The van der Waals surface area contributed by atoms with Crippen LogP contribution in [0.15, 0.2) is 36.4 Å². The second-order valence-electron chi connectivity index (χ2n) is 11.2. The molecule has 1 aromatic carbocycles. The molecule has 2 heteroatoms. The van der Waals surface area contributed by atoms with Crippen molar-refractivity contribution in [3.8, 4) is 0 Å². The van der Waals surface area contributed by atoms with E-state index in [4.69, 9.17) is 4.74 Å². The zero-order valence-electron chi connectivity index (χ0n) is 18.8. The molecule has 7 atom stereocenters. The van der Waals surface area contributed by atoms with Crippen LogP contribution in [0.3, 0.4) is 0 Å². The lowest BCUT2D eigenvalue weighted by atomic mass is 9.45. The Kier molecular flexibility index (Phi) is 5.32. The van der Waals surface area contributed by atoms with Crippen LogP contribution in [0.2, 0.25) is 0 Å². The third-order valence-corrected chi connectivity index (χ3v) is 9.97. The van der Waals surface area contributed by atoms with Crippen molar-refractivity contribution in [2.75, 3.05) is 0 Å². The minimum atomic E-state index is -0.171. The molecule has 4 unspecified atom stereocenters. The Labute approximate surface area is 182 Å². The summed E-state index contributed by atoms with van der Waals surface area (Å²) in [5.74, 6) is 3.30. The number of carbonyl (C=O) groups excluding carboxylic acids is 1. The first-order valence-corrected chi connectivity index (χ1v) is 12.4. The minimum Gasteiger partial charge on any atom is -0.459 e. The molecule has 30 heavy (non-hydrogen) atoms. The van der Waals surface area contributed by atoms with E-state index >= 15 is 0 Å². The van der Waals surface area contributed by atoms with Crippen molar-refractivity contribution in [2.24, 2.45) is 34.5 Å². The first-order chi connectivity index (χ1) is 14.5. The van der Waals surface area contributed by atoms with Crippen molar-refractivity contribution in [1.82, 2.24) is 0 Å². The van der Waals surface area contributed by atoms with Gasteiger partial charge in [-0.2, -0.15) is 0 Å². The second-order valence-corrected chi connectivity index (χ2v) is 11.2. The fourth-order valence-electron chi connectivity index (χ4n) is 8.35. The van der Waals surface area contributed by atoms with E-state index in [1.54, 1.807) is 6.08 Å². The molecule has 4 aliphatic rings. The van der Waals surface area contributed by atoms with E-state index < -0.39 is 0 Å². The van der Waals surface area contributed by atoms with E-state index in [0.717, 1.165) is 35.7 Å². The first kappa shape index (κ1) is 20.3. The molecule has 1 aromatic rings. The molecule has 5 rings (SSSR count). The molecule has 0 aromatic heterocycles. The lowest BCUT2D eigenvalue weighted by Crippen LogP contribution is -2.53. The SMILES string of the molecule is C[C@@]12CCC3C(CC[C@@H]4CCCC[C@@]34C)C1CCC2OC(=O)/C=C/c1ccccc1. The van der Waals surface area contributed by atoms with E-state index in [-0.39, 0.29) is 17.5 Å². The van der Waals surface area contributed by atoms with Crippen molar-refractivity contribution in [2.45, 2.75) is 84.2 Å². The highest BCUT2D eigenvalue weighted by molar-refractivity contribution is 5.87. The third kappa shape index (κ3) is 3.35. The number of fused-ring (bicyclic) bond motifs is 5. The van der Waals surface area contributed by atoms with Gasteiger partial charge in [0, 0.05) is 11.5 Å². The first-order valence-electron chi connectivity index (χ1n) is 12.4. The number of hydrogen-bond donors (Lipinski definition) is 0. The van der Waals surface area contributed by atoms with Crippen LogP contribution in [-0.4, -0.2) is 12.1 Å². The predicted molar refractivity (Wildman–Crippen MR) is 122 cm³/mol. The summed E-state index contributed by atoms with van der Waals surface area (Å²) in [6.45, 7) is 5.08. The van der Waals surface area contributed by atoms with Crippen molar-refractivity contribution >= 4 is 12.0 Å². The molecule has 4 fully saturated rings. The van der Waals surface area contributed by atoms with Gasteiger partial charge in [0.1, 0.15) is 6.10 Å². The van der Waals surface area contributed by atoms with Gasteiger partial charge in [0.2, 0.25) is 0 Å². The molecule has 0 N–H and O–H groups in total. The van der Waals surface area contributed by atoms with Crippen molar-refractivity contribution in [3.63, 3.8) is 0 Å². The fourth-order valence-corrected chi connectivity index (χ4v) is 8.35. The van der Waals surface area contributed by atoms with Gasteiger partial charge in [-0.15, -0.1) is 0 Å². The Morgan fingerprint density at radius 3 is 2.53 bits per heavy atom. The topological polar surface area (TPSA) is 26.3 Å². The molecular formula is C28H38O2. The maximum atomic E-state index is 12.6. The number of ether oxygens (including phenoxy) is 1. The summed E-state index contributed by atoms with van der Waals surface area (Å²) >= 11 is 0. The van der Waals surface area contributed by atoms with Gasteiger partial charge in [-0.25, -0.2) is 4.79 Å². The summed E-state index contributed by atoms with van der Waals surface area (Å²) in [6, 6.07) is 10.0. The summed E-state index contributed by atoms with van der Waals surface area (Å²) in [6.07, 6.45) is 17.1. The minimum absolute atomic E-state index is 0.0910. The summed E-state index contributed by atoms with van der Waals surface area (Å²) < 4.78 is 6.09. The van der Waals surface area contributed by atoms with Gasteiger partial charge >= 0.3 is 5.97 Å². The molecule has 4 aliphatic carbocycles. The van der Waals surface area contributed by atoms with Crippen LogP contribution in [0.4, 0.5) is 0 Å². The van der Waals surface area contributed by atoms with Crippen LogP contribution in [0.1, 0.15) is 83.6 Å². The second kappa shape index (κ2) is 7.84. The Morgan fingerprint density at radius 1 is 0.900 bits per heavy atom. The van der Waals surface area contributed by atoms with E-state index in [9.17, 15) is 4.79 Å². The maximum Gasteiger partial charge on any atom is 0.331 e. The summed E-state index contributed by atoms with van der Waals surface area (Å²) in [5, 5.41) is 0. The molecule has 0 spiro atoms. The molecular weight excluding hydrogens is 368 g/mol. The van der Waals surface area contributed by atoms with Crippen molar-refractivity contribution in [3.05, 3.63) is 42.0 Å². The third-order valence-electron chi connectivity index (χ3n) is 9.97. The number of hydrogen-bond acceptors (Lipinski definition) is 2. The normalized spacial score (nSPS) is 42.9. The average Bonchev–Trinajstić information content (AvgIpc) is 3.09. The zero-order chi connectivity index (χ0) is 20.8. The number of carbonyl (C=O) groups is 1. The van der Waals surface area contributed by atoms with Crippen LogP contribution >= 0.6 is 0 Å². The molecule has 4 saturated carbocycles. The summed E-state index contributed by atoms with van der Waals surface area (Å²) in [4.78, 5) is 12.6. The van der Waals surface area contributed by atoms with Gasteiger partial charge in [0.15, 0.2) is 0 Å². The smallest absolute Gasteiger partial charge is 0.331 e. The van der Waals surface area contributed by atoms with Crippen LogP contribution in [-0.2, 0) is 9.53 Å². The number of rotatable bonds is 3. The van der Waals surface area contributed by atoms with Crippen LogP contribution in [0.25, 0.3) is 6.08 Å². The van der Waals surface area contributed by atoms with Gasteiger partial charge in [-0.05, 0) is 92.1 Å². The summed E-state index contributed by atoms with van der Waals surface area (Å²) in [5.41, 5.74) is 1.80. The molecule has 0 amide bonds. The highest BCUT2D eigenvalue weighted by Gasteiger charge is 2.60. The van der Waals surface area contributed by atoms with Crippen molar-refractivity contribution < 1.29 is 9.53 Å². The Bertz CT molecular complexity index is 798. The lowest BCUT2D eigenvalue weighted by molar-refractivity contribution is -0.158. The number of esters is 1. The Hall–Kier alpha value is -1.57. The molecule has 2 nitrogen and oxygen atoms in total. The molecule has 0 aliphatic heterocycles. The van der Waals surface area contributed by atoms with Gasteiger partial charge in [-0.1, -0.05) is 57.0 Å². The van der Waals surface area contributed by atoms with Gasteiger partial charge in [-0.3, -0.25) is 0 Å². The quantitative estimate of drug-likeness (QED) is 0.397. The standard InChI is InChI=1S/C28H38O2/c1-27-18-7-6-10-21(27)12-13-22-23-14-15-25(28(23,2)19-17-24(22)27)30-26(29)16-11-20-8-4-3-5-9-20/h3-5,8-9,11,16,21-25H,6-7,10,12-15,17-19H2,1-2H3/b16-11+/t21-,22?,23?,24?,25?,27+,28+/m0/s1. The highest BCUT2D eigenvalue weighted by atomic mass is 16.5. The highest BCUT2D eigenvalue weighted by Crippen LogP contribution is 2.66. The molecule has 162 valence electrons. The average molecular weight is 407 g/mol. The van der Waals surface area contributed by atoms with E-state index in [0.29, 0.717) is 5.41 Å². The van der Waals surface area contributed by atoms with Crippen LogP contribution in [0.5, 0.6) is 0 Å². The van der Waals surface area contributed by atoms with Crippen LogP contribution < -0.4 is 0 Å². The molecule has 0 heterocycles. The number of benzene rings is 1. The molecule has 0 bridgehead atoms. The van der Waals surface area contributed by atoms with Crippen molar-refractivity contribution in [1.29, 1.82) is 0 Å². The molecule has 0 radical (unpaired) electrons. The maximum absolute atomic E-state index is 12.6. The van der Waals surface area contributed by atoms with Crippen LogP contribution in [0, 0.1) is 34.5 Å². The van der Waals surface area contributed by atoms with Gasteiger partial charge in [0.05, 0.1) is 0 Å². The largest absolute Gasteiger partial charge is 0.459 e. The van der Waals surface area contributed by atoms with E-state index in [1.165, 1.54) is 57.8 Å². The van der Waals surface area contributed by atoms with E-state index in [2.05, 4.69) is 13.8 Å². The van der Waals surface area contributed by atoms with Gasteiger partial charge in [0.25, 0.3) is 0 Å². The van der Waals surface area contributed by atoms with Gasteiger partial charge < -0.3 is 4.74 Å². The fraction of sp³-hybridized carbons (Fsp3) is 0.679. The summed E-state index contributed by atoms with van der Waals surface area (Å²) in [7, 11) is 0. The zero-order valence-corrected chi connectivity index (χ0v) is 18.8. The molecule has 0 saturated heterocycles. The monoisotopic (exact) mass is 406 g/mol. The van der Waals surface area contributed by atoms with E-state index in [1.807, 2.05) is 36.4 Å². The predicted octanol–water partition coefficient (Wildman–Crippen LogP) is 7.04.